The number of ether oxygens (including phenoxy) is 4. The number of ketones is 2. The lowest BCUT2D eigenvalue weighted by molar-refractivity contribution is -0.119. The van der Waals surface area contributed by atoms with Crippen molar-refractivity contribution in [3.8, 4) is 22.3 Å². The Kier molecular flexibility index (Phi) is 25.4. The molecule has 19 heteroatoms. The summed E-state index contributed by atoms with van der Waals surface area (Å²) in [6.07, 6.45) is 8.33. The van der Waals surface area contributed by atoms with Gasteiger partial charge in [0.1, 0.15) is 17.2 Å². The number of unbranched alkanes of at least 4 members (excludes halogenated alkanes) is 2. The molecule has 0 unspecified atom stereocenters. The third-order valence-corrected chi connectivity index (χ3v) is 16.0. The topological polar surface area (TPSA) is 174 Å². The van der Waals surface area contributed by atoms with E-state index in [0.717, 1.165) is 101 Å². The number of Topliss-reactive ketones (excluding diaryl/α,β-unsaturated/α-hetero) is 2. The maximum atomic E-state index is 12.9. The third kappa shape index (κ3) is 19.3. The number of pyridine rings is 2. The predicted octanol–water partition coefficient (Wildman–Crippen LogP) is 12.2. The number of rotatable bonds is 32. The summed E-state index contributed by atoms with van der Waals surface area (Å²) < 4.78 is 22.5. The molecule has 2 aromatic heterocycles. The molecule has 4 aromatic carbocycles. The number of hydrogen-bond donors (Lipinski definition) is 3. The summed E-state index contributed by atoms with van der Waals surface area (Å²) in [7, 11) is 4.19. The van der Waals surface area contributed by atoms with Crippen LogP contribution in [0.3, 0.4) is 0 Å². The van der Waals surface area contributed by atoms with Gasteiger partial charge >= 0.3 is 6.03 Å². The summed E-state index contributed by atoms with van der Waals surface area (Å²) in [5.74, 6) is 0.116. The van der Waals surface area contributed by atoms with Gasteiger partial charge in [0.05, 0.1) is 39.6 Å². The Morgan fingerprint density at radius 1 is 0.500 bits per heavy atom. The fourth-order valence-electron chi connectivity index (χ4n) is 10.6. The van der Waals surface area contributed by atoms with E-state index in [1.54, 1.807) is 36.7 Å². The Hall–Kier alpha value is -5.82. The van der Waals surface area contributed by atoms with Crippen molar-refractivity contribution in [2.24, 2.45) is 0 Å². The van der Waals surface area contributed by atoms with E-state index in [0.29, 0.717) is 136 Å². The molecule has 0 spiro atoms. The Bertz CT molecular complexity index is 2940. The molecule has 0 radical (unpaired) electrons. The highest BCUT2D eigenvalue weighted by atomic mass is 35.5. The van der Waals surface area contributed by atoms with Gasteiger partial charge in [0.2, 0.25) is 0 Å². The second-order valence-corrected chi connectivity index (χ2v) is 23.1. The second-order valence-electron chi connectivity index (χ2n) is 21.4. The molecule has 0 saturated carbocycles. The van der Waals surface area contributed by atoms with Crippen LogP contribution in [0.2, 0.25) is 20.1 Å². The van der Waals surface area contributed by atoms with Gasteiger partial charge in [-0.3, -0.25) is 24.4 Å². The predicted molar refractivity (Wildman–Crippen MR) is 332 cm³/mol. The van der Waals surface area contributed by atoms with Gasteiger partial charge in [0.15, 0.2) is 5.78 Å². The number of carbonyl (C=O) groups excluding carboxylic acids is 4. The molecule has 2 aliphatic rings. The lowest BCUT2D eigenvalue weighted by Crippen LogP contribution is -2.37. The van der Waals surface area contributed by atoms with E-state index < -0.39 is 0 Å². The number of carbonyl (C=O) groups is 4. The molecule has 4 heterocycles. The van der Waals surface area contributed by atoms with Crippen LogP contribution in [0.15, 0.2) is 109 Å². The third-order valence-electron chi connectivity index (χ3n) is 14.9. The Balaban J connectivity index is 0.571. The number of urea groups is 1. The summed E-state index contributed by atoms with van der Waals surface area (Å²) in [6.45, 7) is 7.52. The van der Waals surface area contributed by atoms with Crippen LogP contribution in [0, 0.1) is 0 Å². The van der Waals surface area contributed by atoms with Gasteiger partial charge in [-0.05, 0) is 121 Å². The van der Waals surface area contributed by atoms with Crippen molar-refractivity contribution in [3.05, 3.63) is 174 Å². The van der Waals surface area contributed by atoms with Crippen molar-refractivity contribution in [2.45, 2.75) is 76.3 Å². The zero-order valence-corrected chi connectivity index (χ0v) is 50.9. The van der Waals surface area contributed by atoms with E-state index in [1.165, 1.54) is 0 Å². The number of halogens is 4. The average molecular weight is 1220 g/mol. The standard InChI is InChI=1S/C65H75Cl4N7O8/c1-75-40-55(53-34-50(66)36-59(68)57(53)42-75)46-12-6-10-44(32-46)48-17-19-61(73-38-48)63(78)16-9-25-82-29-31-84-27-23-72-65(80)71-21-5-3-4-14-52(77)15-8-24-81-28-30-83-26-22-70-64(79)62-20-18-49(39-74-62)45-11-7-13-47(33-45)56-41-76(2)43-58-54(56)35-51(67)37-60(58)69/h6-7,10-13,17-20,32-39,55-56H,3-5,8-9,14-16,21-31,40-43H2,1-2H3,(H,70,79)(H2,71,72,80)/t55-,56-/m0/s1. The molecule has 446 valence electrons. The van der Waals surface area contributed by atoms with E-state index in [1.807, 2.05) is 42.5 Å². The molecule has 0 fully saturated rings. The minimum absolute atomic E-state index is 0.0382. The monoisotopic (exact) mass is 1220 g/mol. The average Bonchev–Trinajstić information content (AvgIpc) is 3.62. The molecule has 0 bridgehead atoms. The van der Waals surface area contributed by atoms with Gasteiger partial charge in [-0.25, -0.2) is 4.79 Å². The molecule has 6 aromatic rings. The highest BCUT2D eigenvalue weighted by molar-refractivity contribution is 6.35. The van der Waals surface area contributed by atoms with Crippen LogP contribution in [-0.4, -0.2) is 143 Å². The molecule has 3 amide bonds. The van der Waals surface area contributed by atoms with E-state index in [9.17, 15) is 19.2 Å². The van der Waals surface area contributed by atoms with Gasteiger partial charge in [-0.15, -0.1) is 0 Å². The van der Waals surface area contributed by atoms with Crippen molar-refractivity contribution >= 4 is 69.9 Å². The van der Waals surface area contributed by atoms with Crippen LogP contribution in [-0.2, 0) is 36.8 Å². The fraction of sp³-hybridized carbons (Fsp3) is 0.415. The SMILES string of the molecule is CN1Cc2c(Cl)cc(Cl)cc2[C@H](c2cccc(-c3ccc(C(=O)CCCOCCOCCNC(=O)NCCCCCC(=O)CCCOCCOCCNC(=O)c4ccc(-c5cccc([C@@H]6CN(C)Cc7c(Cl)cc(Cl)cc76)c5)cn4)nc3)c2)C1. The van der Waals surface area contributed by atoms with Gasteiger partial charge in [-0.2, -0.15) is 0 Å². The van der Waals surface area contributed by atoms with Crippen LogP contribution < -0.4 is 16.0 Å². The molecule has 0 aliphatic carbocycles. The van der Waals surface area contributed by atoms with Gasteiger partial charge in [-0.1, -0.05) is 113 Å². The molecule has 84 heavy (non-hydrogen) atoms. The molecule has 3 N–H and O–H groups in total. The van der Waals surface area contributed by atoms with Crippen molar-refractivity contribution in [2.75, 3.05) is 99.7 Å². The molecule has 2 atom stereocenters. The van der Waals surface area contributed by atoms with Crippen molar-refractivity contribution < 1.29 is 38.1 Å². The number of nitrogens with one attached hydrogen (secondary N) is 3. The first-order valence-corrected chi connectivity index (χ1v) is 30.4. The first-order valence-electron chi connectivity index (χ1n) is 28.9. The van der Waals surface area contributed by atoms with E-state index in [4.69, 9.17) is 65.4 Å². The van der Waals surface area contributed by atoms with Gasteiger partial charge in [0, 0.05) is 134 Å². The van der Waals surface area contributed by atoms with Crippen molar-refractivity contribution in [1.82, 2.24) is 35.7 Å². The minimum Gasteiger partial charge on any atom is -0.379 e. The van der Waals surface area contributed by atoms with Crippen molar-refractivity contribution in [3.63, 3.8) is 0 Å². The van der Waals surface area contributed by atoms with Crippen LogP contribution in [0.1, 0.15) is 118 Å². The summed E-state index contributed by atoms with van der Waals surface area (Å²) >= 11 is 26.0. The lowest BCUT2D eigenvalue weighted by Gasteiger charge is -2.33. The Morgan fingerprint density at radius 2 is 0.988 bits per heavy atom. The quantitative estimate of drug-likeness (QED) is 0.0270. The molecular formula is C65H75Cl4N7O8. The molecular weight excluding hydrogens is 1150 g/mol. The summed E-state index contributed by atoms with van der Waals surface area (Å²) in [4.78, 5) is 63.7. The molecule has 15 nitrogen and oxygen atoms in total. The Labute approximate surface area is 513 Å². The summed E-state index contributed by atoms with van der Waals surface area (Å²) in [5.41, 5.74) is 11.4. The fourth-order valence-corrected chi connectivity index (χ4v) is 11.8. The number of nitrogens with zero attached hydrogens (tertiary/aromatic N) is 4. The number of likely N-dealkylation sites (N-methyl/N-ethyl adjacent to an activating group) is 2. The molecule has 2 aliphatic heterocycles. The number of fused-ring (bicyclic) bond motifs is 2. The second kappa shape index (κ2) is 33.2. The normalized spacial score (nSPS) is 15.1. The first-order chi connectivity index (χ1) is 40.8. The van der Waals surface area contributed by atoms with Crippen molar-refractivity contribution in [1.29, 1.82) is 0 Å². The Morgan fingerprint density at radius 3 is 1.52 bits per heavy atom. The largest absolute Gasteiger partial charge is 0.379 e. The van der Waals surface area contributed by atoms with Crippen LogP contribution in [0.4, 0.5) is 4.79 Å². The van der Waals surface area contributed by atoms with Crippen LogP contribution in [0.25, 0.3) is 22.3 Å². The van der Waals surface area contributed by atoms with Crippen LogP contribution in [0.5, 0.6) is 0 Å². The highest BCUT2D eigenvalue weighted by Gasteiger charge is 2.29. The zero-order valence-electron chi connectivity index (χ0n) is 47.9. The maximum Gasteiger partial charge on any atom is 0.314 e. The number of hydrogen-bond acceptors (Lipinski definition) is 12. The van der Waals surface area contributed by atoms with E-state index >= 15 is 0 Å². The maximum absolute atomic E-state index is 12.9. The smallest absolute Gasteiger partial charge is 0.314 e. The number of aromatic nitrogens is 2. The minimum atomic E-state index is -0.278. The zero-order chi connectivity index (χ0) is 59.2. The van der Waals surface area contributed by atoms with E-state index in [-0.39, 0.29) is 35.3 Å². The molecule has 8 rings (SSSR count). The number of amides is 3. The summed E-state index contributed by atoms with van der Waals surface area (Å²) in [6, 6.07) is 31.5. The van der Waals surface area contributed by atoms with Gasteiger partial charge in [0.25, 0.3) is 5.91 Å². The lowest BCUT2D eigenvalue weighted by atomic mass is 9.84. The molecule has 0 saturated heterocycles. The van der Waals surface area contributed by atoms with E-state index in [2.05, 4.69) is 80.1 Å². The van der Waals surface area contributed by atoms with Crippen LogP contribution >= 0.6 is 46.4 Å². The number of benzene rings is 4. The summed E-state index contributed by atoms with van der Waals surface area (Å²) in [5, 5.41) is 11.1. The van der Waals surface area contributed by atoms with Gasteiger partial charge < -0.3 is 44.7 Å². The first kappa shape index (κ1) is 64.2. The highest BCUT2D eigenvalue weighted by Crippen LogP contribution is 2.41.